The van der Waals surface area contributed by atoms with Crippen molar-refractivity contribution < 1.29 is 0 Å². The maximum atomic E-state index is 2.47. The second kappa shape index (κ2) is 15.2. The fraction of sp³-hybridized carbons (Fsp3) is 0. The van der Waals surface area contributed by atoms with Gasteiger partial charge in [-0.15, -0.1) is 0 Å². The molecule has 0 aliphatic carbocycles. The van der Waals surface area contributed by atoms with E-state index in [-0.39, 0.29) is 0 Å². The van der Waals surface area contributed by atoms with Crippen molar-refractivity contribution >= 4 is 32.3 Å². The summed E-state index contributed by atoms with van der Waals surface area (Å²) in [5, 5.41) is 7.57. The Balaban J connectivity index is 1.20. The molecule has 0 aliphatic heterocycles. The summed E-state index contributed by atoms with van der Waals surface area (Å²) in [5.74, 6) is 0. The van der Waals surface area contributed by atoms with Gasteiger partial charge < -0.3 is 0 Å². The normalized spacial score (nSPS) is 11.3. The van der Waals surface area contributed by atoms with Crippen LogP contribution in [0.2, 0.25) is 0 Å². The minimum atomic E-state index is 1.19. The van der Waals surface area contributed by atoms with Crippen LogP contribution in [0.5, 0.6) is 0 Å². The van der Waals surface area contributed by atoms with E-state index in [1.807, 2.05) is 0 Å². The average molecular weight is 761 g/mol. The molecule has 0 aliphatic rings. The maximum Gasteiger partial charge on any atom is -0.000785 e. The molecule has 0 atom stereocenters. The van der Waals surface area contributed by atoms with Gasteiger partial charge in [-0.1, -0.05) is 212 Å². The molecular formula is C60H40. The zero-order valence-corrected chi connectivity index (χ0v) is 33.1. The first-order chi connectivity index (χ1) is 29.8. The van der Waals surface area contributed by atoms with Crippen LogP contribution in [-0.4, -0.2) is 0 Å². The molecule has 11 aromatic rings. The molecule has 60 heavy (non-hydrogen) atoms. The first-order valence-electron chi connectivity index (χ1n) is 20.7. The van der Waals surface area contributed by atoms with Gasteiger partial charge >= 0.3 is 0 Å². The third kappa shape index (κ3) is 6.36. The van der Waals surface area contributed by atoms with E-state index in [1.54, 1.807) is 0 Å². The second-order valence-corrected chi connectivity index (χ2v) is 15.6. The molecule has 0 fully saturated rings. The first-order valence-corrected chi connectivity index (χ1v) is 20.7. The standard InChI is InChI=1S/C60H40/c1-4-18-41(19-5-1)44-24-14-26-46(36-44)48-28-16-30-50(38-48)57-40-56(43-22-8-3-9-23-43)58(60-55-35-13-11-33-53(55)52-32-10-12-34-54(52)59(57)60)51-31-17-29-49(39-51)47-27-15-25-45(37-47)42-20-6-2-7-21-42/h1-40H. The Morgan fingerprint density at radius 3 is 0.967 bits per heavy atom. The number of benzene rings is 11. The van der Waals surface area contributed by atoms with Crippen molar-refractivity contribution in [3.05, 3.63) is 243 Å². The highest BCUT2D eigenvalue weighted by Gasteiger charge is 2.22. The summed E-state index contributed by atoms with van der Waals surface area (Å²) in [4.78, 5) is 0. The minimum absolute atomic E-state index is 1.19. The van der Waals surface area contributed by atoms with Crippen LogP contribution >= 0.6 is 0 Å². The summed E-state index contributed by atoms with van der Waals surface area (Å²) in [5.41, 5.74) is 16.9. The van der Waals surface area contributed by atoms with Gasteiger partial charge in [0.25, 0.3) is 0 Å². The van der Waals surface area contributed by atoms with Crippen LogP contribution in [0.4, 0.5) is 0 Å². The molecule has 0 saturated carbocycles. The lowest BCUT2D eigenvalue weighted by molar-refractivity contribution is 1.57. The molecule has 0 spiro atoms. The van der Waals surface area contributed by atoms with Gasteiger partial charge in [-0.05, 0) is 141 Å². The first kappa shape index (κ1) is 35.4. The molecule has 0 nitrogen and oxygen atoms in total. The van der Waals surface area contributed by atoms with Crippen molar-refractivity contribution in [3.63, 3.8) is 0 Å². The Morgan fingerprint density at radius 2 is 0.483 bits per heavy atom. The molecule has 0 amide bonds. The molecular weight excluding hydrogens is 721 g/mol. The van der Waals surface area contributed by atoms with Crippen LogP contribution in [0, 0.1) is 0 Å². The van der Waals surface area contributed by atoms with Crippen molar-refractivity contribution in [1.29, 1.82) is 0 Å². The third-order valence-electron chi connectivity index (χ3n) is 12.0. The Bertz CT molecular complexity index is 3340. The van der Waals surface area contributed by atoms with Crippen LogP contribution in [0.1, 0.15) is 0 Å². The molecule has 0 heteroatoms. The predicted octanol–water partition coefficient (Wildman–Crippen LogP) is 16.8. The molecule has 0 aromatic heterocycles. The van der Waals surface area contributed by atoms with Gasteiger partial charge in [-0.3, -0.25) is 0 Å². The van der Waals surface area contributed by atoms with E-state index in [0.29, 0.717) is 0 Å². The zero-order valence-electron chi connectivity index (χ0n) is 33.1. The fourth-order valence-corrected chi connectivity index (χ4v) is 9.22. The summed E-state index contributed by atoms with van der Waals surface area (Å²) in [7, 11) is 0. The average Bonchev–Trinajstić information content (AvgIpc) is 3.34. The molecule has 11 rings (SSSR count). The monoisotopic (exact) mass is 760 g/mol. The van der Waals surface area contributed by atoms with Crippen molar-refractivity contribution in [2.24, 2.45) is 0 Å². The van der Waals surface area contributed by atoms with Gasteiger partial charge in [-0.25, -0.2) is 0 Å². The molecule has 0 radical (unpaired) electrons. The summed E-state index contributed by atoms with van der Waals surface area (Å²) >= 11 is 0. The molecule has 0 bridgehead atoms. The van der Waals surface area contributed by atoms with Gasteiger partial charge in [0, 0.05) is 0 Å². The van der Waals surface area contributed by atoms with Crippen molar-refractivity contribution in [1.82, 2.24) is 0 Å². The smallest absolute Gasteiger partial charge is 0.000785 e. The summed E-state index contributed by atoms with van der Waals surface area (Å²) in [6, 6.07) is 88.9. The summed E-state index contributed by atoms with van der Waals surface area (Å²) in [6.45, 7) is 0. The van der Waals surface area contributed by atoms with Crippen LogP contribution in [-0.2, 0) is 0 Å². The van der Waals surface area contributed by atoms with E-state index >= 15 is 0 Å². The molecule has 0 N–H and O–H groups in total. The summed E-state index contributed by atoms with van der Waals surface area (Å²) in [6.07, 6.45) is 0. The zero-order chi connectivity index (χ0) is 39.8. The quantitative estimate of drug-likeness (QED) is 0.142. The number of hydrogen-bond acceptors (Lipinski definition) is 0. The number of hydrogen-bond donors (Lipinski definition) is 0. The topological polar surface area (TPSA) is 0 Å². The predicted molar refractivity (Wildman–Crippen MR) is 257 cm³/mol. The maximum absolute atomic E-state index is 2.47. The third-order valence-corrected chi connectivity index (χ3v) is 12.0. The highest BCUT2D eigenvalue weighted by Crippen LogP contribution is 2.49. The highest BCUT2D eigenvalue weighted by molar-refractivity contribution is 6.33. The molecule has 280 valence electrons. The Kier molecular flexibility index (Phi) is 8.95. The molecule has 0 unspecified atom stereocenters. The Hall–Kier alpha value is -7.80. The SMILES string of the molecule is c1ccc(-c2cccc(-c3cccc(-c4cc(-c5ccccc5)c(-c5cccc(-c6cccc(-c7ccccc7)c6)c5)c5c6ccccc6c6ccccc6c45)c3)c2)cc1. The van der Waals surface area contributed by atoms with Crippen LogP contribution in [0.3, 0.4) is 0 Å². The van der Waals surface area contributed by atoms with E-state index < -0.39 is 0 Å². The van der Waals surface area contributed by atoms with E-state index in [1.165, 1.54) is 110 Å². The van der Waals surface area contributed by atoms with Gasteiger partial charge in [0.15, 0.2) is 0 Å². The fourth-order valence-electron chi connectivity index (χ4n) is 9.22. The Labute approximate surface area is 351 Å². The molecule has 11 aromatic carbocycles. The lowest BCUT2D eigenvalue weighted by Crippen LogP contribution is -1.95. The number of rotatable bonds is 7. The van der Waals surface area contributed by atoms with Gasteiger partial charge in [0.1, 0.15) is 0 Å². The van der Waals surface area contributed by atoms with Crippen LogP contribution in [0.25, 0.3) is 110 Å². The van der Waals surface area contributed by atoms with E-state index in [9.17, 15) is 0 Å². The van der Waals surface area contributed by atoms with E-state index in [0.717, 1.165) is 0 Å². The summed E-state index contributed by atoms with van der Waals surface area (Å²) < 4.78 is 0. The largest absolute Gasteiger partial charge is 0.0622 e. The lowest BCUT2D eigenvalue weighted by atomic mass is 9.81. The van der Waals surface area contributed by atoms with Crippen LogP contribution in [0.15, 0.2) is 243 Å². The van der Waals surface area contributed by atoms with Crippen molar-refractivity contribution in [3.8, 4) is 77.9 Å². The van der Waals surface area contributed by atoms with Crippen LogP contribution < -0.4 is 0 Å². The highest BCUT2D eigenvalue weighted by atomic mass is 14.2. The van der Waals surface area contributed by atoms with E-state index in [4.69, 9.17) is 0 Å². The molecule has 0 heterocycles. The number of fused-ring (bicyclic) bond motifs is 6. The molecule has 0 saturated heterocycles. The van der Waals surface area contributed by atoms with Gasteiger partial charge in [0.2, 0.25) is 0 Å². The van der Waals surface area contributed by atoms with Gasteiger partial charge in [0.05, 0.1) is 0 Å². The van der Waals surface area contributed by atoms with Crippen molar-refractivity contribution in [2.75, 3.05) is 0 Å². The lowest BCUT2D eigenvalue weighted by Gasteiger charge is -2.22. The van der Waals surface area contributed by atoms with Crippen molar-refractivity contribution in [2.45, 2.75) is 0 Å². The second-order valence-electron chi connectivity index (χ2n) is 15.6. The van der Waals surface area contributed by atoms with E-state index in [2.05, 4.69) is 243 Å². The van der Waals surface area contributed by atoms with Gasteiger partial charge in [-0.2, -0.15) is 0 Å². The Morgan fingerprint density at radius 1 is 0.167 bits per heavy atom. The minimum Gasteiger partial charge on any atom is -0.0622 e.